The number of hydrogen-bond acceptors (Lipinski definition) is 2. The van der Waals surface area contributed by atoms with Gasteiger partial charge in [-0.2, -0.15) is 0 Å². The molecule has 1 aromatic rings. The molecule has 2 N–H and O–H groups in total. The Morgan fingerprint density at radius 2 is 2.20 bits per heavy atom. The first-order valence-corrected chi connectivity index (χ1v) is 5.85. The predicted molar refractivity (Wildman–Crippen MR) is 64.3 cm³/mol. The summed E-state index contributed by atoms with van der Waals surface area (Å²) in [5, 5.41) is 1.31. The van der Waals surface area contributed by atoms with Gasteiger partial charge in [-0.25, -0.2) is 0 Å². The maximum Gasteiger partial charge on any atom is 0.0640 e. The zero-order chi connectivity index (χ0) is 11.0. The van der Waals surface area contributed by atoms with Crippen LogP contribution in [-0.4, -0.2) is 18.0 Å². The molecule has 2 nitrogen and oxygen atoms in total. The van der Waals surface area contributed by atoms with E-state index in [-0.39, 0.29) is 0 Å². The second-order valence-corrected chi connectivity index (χ2v) is 4.53. The van der Waals surface area contributed by atoms with Crippen molar-refractivity contribution in [1.82, 2.24) is 4.90 Å². The summed E-state index contributed by atoms with van der Waals surface area (Å²) in [5.41, 5.74) is 8.16. The molecule has 0 saturated carbocycles. The van der Waals surface area contributed by atoms with Crippen LogP contribution in [0, 0.1) is 0 Å². The van der Waals surface area contributed by atoms with Gasteiger partial charge in [0.1, 0.15) is 0 Å². The first-order chi connectivity index (χ1) is 7.19. The lowest BCUT2D eigenvalue weighted by atomic mass is 10.1. The van der Waals surface area contributed by atoms with Crippen LogP contribution in [0.5, 0.6) is 0 Å². The summed E-state index contributed by atoms with van der Waals surface area (Å²) >= 11 is 12.2. The fourth-order valence-electron chi connectivity index (χ4n) is 2.20. The summed E-state index contributed by atoms with van der Waals surface area (Å²) in [4.78, 5) is 2.31. The summed E-state index contributed by atoms with van der Waals surface area (Å²) in [7, 11) is 0. The standard InChI is InChI=1S/C11H14Cl2N2/c1-2-15-6-8-7(10(15)5-14)3-4-9(12)11(8)13/h3-4,10H,2,5-6,14H2,1H3. The third kappa shape index (κ3) is 1.76. The normalized spacial score (nSPS) is 20.7. The van der Waals surface area contributed by atoms with Crippen molar-refractivity contribution in [1.29, 1.82) is 0 Å². The molecular weight excluding hydrogens is 231 g/mol. The molecule has 1 aliphatic rings. The number of nitrogens with zero attached hydrogens (tertiary/aromatic N) is 1. The highest BCUT2D eigenvalue weighted by atomic mass is 35.5. The van der Waals surface area contributed by atoms with Crippen LogP contribution in [0.3, 0.4) is 0 Å². The highest BCUT2D eigenvalue weighted by molar-refractivity contribution is 6.42. The molecule has 0 aliphatic carbocycles. The smallest absolute Gasteiger partial charge is 0.0640 e. The Morgan fingerprint density at radius 3 is 2.80 bits per heavy atom. The number of halogens is 2. The average Bonchev–Trinajstić information content (AvgIpc) is 2.61. The van der Waals surface area contributed by atoms with Crippen molar-refractivity contribution >= 4 is 23.2 Å². The summed E-state index contributed by atoms with van der Waals surface area (Å²) < 4.78 is 0. The van der Waals surface area contributed by atoms with Gasteiger partial charge in [-0.1, -0.05) is 36.2 Å². The van der Waals surface area contributed by atoms with Crippen molar-refractivity contribution in [3.05, 3.63) is 33.3 Å². The number of fused-ring (bicyclic) bond motifs is 1. The highest BCUT2D eigenvalue weighted by Crippen LogP contribution is 2.39. The molecule has 2 rings (SSSR count). The van der Waals surface area contributed by atoms with E-state index in [1.165, 1.54) is 5.56 Å². The molecule has 0 bridgehead atoms. The van der Waals surface area contributed by atoms with Crippen LogP contribution < -0.4 is 5.73 Å². The Morgan fingerprint density at radius 1 is 1.47 bits per heavy atom. The van der Waals surface area contributed by atoms with Gasteiger partial charge in [0.15, 0.2) is 0 Å². The van der Waals surface area contributed by atoms with Gasteiger partial charge in [-0.15, -0.1) is 0 Å². The van der Waals surface area contributed by atoms with E-state index in [4.69, 9.17) is 28.9 Å². The van der Waals surface area contributed by atoms with Gasteiger partial charge < -0.3 is 5.73 Å². The van der Waals surface area contributed by atoms with Crippen molar-refractivity contribution in [2.75, 3.05) is 13.1 Å². The quantitative estimate of drug-likeness (QED) is 0.868. The molecule has 82 valence electrons. The number of rotatable bonds is 2. The lowest BCUT2D eigenvalue weighted by Crippen LogP contribution is -2.27. The summed E-state index contributed by atoms with van der Waals surface area (Å²) in [6, 6.07) is 4.18. The van der Waals surface area contributed by atoms with Crippen molar-refractivity contribution < 1.29 is 0 Å². The summed E-state index contributed by atoms with van der Waals surface area (Å²) in [6.45, 7) is 4.58. The number of likely N-dealkylation sites (N-methyl/N-ethyl adjacent to an activating group) is 1. The van der Waals surface area contributed by atoms with E-state index >= 15 is 0 Å². The molecule has 0 spiro atoms. The van der Waals surface area contributed by atoms with Gasteiger partial charge in [-0.3, -0.25) is 4.90 Å². The van der Waals surface area contributed by atoms with Gasteiger partial charge in [0.2, 0.25) is 0 Å². The van der Waals surface area contributed by atoms with Gasteiger partial charge in [0, 0.05) is 19.1 Å². The largest absolute Gasteiger partial charge is 0.329 e. The Balaban J connectivity index is 2.47. The van der Waals surface area contributed by atoms with Crippen LogP contribution in [0.4, 0.5) is 0 Å². The van der Waals surface area contributed by atoms with E-state index in [0.29, 0.717) is 22.6 Å². The van der Waals surface area contributed by atoms with Crippen LogP contribution in [0.2, 0.25) is 10.0 Å². The van der Waals surface area contributed by atoms with Gasteiger partial charge in [-0.05, 0) is 23.7 Å². The molecule has 1 aliphatic heterocycles. The average molecular weight is 245 g/mol. The van der Waals surface area contributed by atoms with Gasteiger partial charge >= 0.3 is 0 Å². The molecule has 4 heteroatoms. The molecule has 15 heavy (non-hydrogen) atoms. The Kier molecular flexibility index (Phi) is 3.21. The number of hydrogen-bond donors (Lipinski definition) is 1. The zero-order valence-corrected chi connectivity index (χ0v) is 10.1. The van der Waals surface area contributed by atoms with Crippen LogP contribution in [0.15, 0.2) is 12.1 Å². The van der Waals surface area contributed by atoms with Crippen molar-refractivity contribution in [2.24, 2.45) is 5.73 Å². The predicted octanol–water partition coefficient (Wildman–Crippen LogP) is 2.83. The van der Waals surface area contributed by atoms with Gasteiger partial charge in [0.25, 0.3) is 0 Å². The van der Waals surface area contributed by atoms with Crippen LogP contribution in [-0.2, 0) is 6.54 Å². The van der Waals surface area contributed by atoms with E-state index in [0.717, 1.165) is 18.7 Å². The summed E-state index contributed by atoms with van der Waals surface area (Å²) in [6.07, 6.45) is 0. The topological polar surface area (TPSA) is 29.3 Å². The van der Waals surface area contributed by atoms with Gasteiger partial charge in [0.05, 0.1) is 10.0 Å². The minimum atomic E-state index is 0.291. The maximum atomic E-state index is 6.18. The lowest BCUT2D eigenvalue weighted by molar-refractivity contribution is 0.232. The van der Waals surface area contributed by atoms with E-state index < -0.39 is 0 Å². The van der Waals surface area contributed by atoms with Crippen molar-refractivity contribution in [2.45, 2.75) is 19.5 Å². The molecule has 0 fully saturated rings. The molecule has 0 saturated heterocycles. The van der Waals surface area contributed by atoms with E-state index in [1.807, 2.05) is 12.1 Å². The first-order valence-electron chi connectivity index (χ1n) is 5.10. The Hall–Kier alpha value is -0.280. The van der Waals surface area contributed by atoms with Crippen LogP contribution in [0.25, 0.3) is 0 Å². The second-order valence-electron chi connectivity index (χ2n) is 3.74. The highest BCUT2D eigenvalue weighted by Gasteiger charge is 2.30. The Bertz CT molecular complexity index is 379. The fourth-order valence-corrected chi connectivity index (χ4v) is 2.61. The maximum absolute atomic E-state index is 6.18. The van der Waals surface area contributed by atoms with Crippen molar-refractivity contribution in [3.8, 4) is 0 Å². The minimum absolute atomic E-state index is 0.291. The van der Waals surface area contributed by atoms with E-state index in [9.17, 15) is 0 Å². The van der Waals surface area contributed by atoms with E-state index in [2.05, 4.69) is 11.8 Å². The van der Waals surface area contributed by atoms with Crippen LogP contribution in [0.1, 0.15) is 24.1 Å². The fraction of sp³-hybridized carbons (Fsp3) is 0.455. The number of nitrogens with two attached hydrogens (primary N) is 1. The number of benzene rings is 1. The van der Waals surface area contributed by atoms with Crippen molar-refractivity contribution in [3.63, 3.8) is 0 Å². The summed E-state index contributed by atoms with van der Waals surface area (Å²) in [5.74, 6) is 0. The van der Waals surface area contributed by atoms with E-state index in [1.54, 1.807) is 0 Å². The molecule has 1 aromatic carbocycles. The first kappa shape index (κ1) is 11.2. The molecule has 1 heterocycles. The molecule has 0 amide bonds. The zero-order valence-electron chi connectivity index (χ0n) is 8.63. The third-order valence-electron chi connectivity index (χ3n) is 3.02. The molecular formula is C11H14Cl2N2. The Labute approximate surface area is 100.0 Å². The lowest BCUT2D eigenvalue weighted by Gasteiger charge is -2.21. The SMILES string of the molecule is CCN1Cc2c(ccc(Cl)c2Cl)C1CN. The minimum Gasteiger partial charge on any atom is -0.329 e. The molecule has 1 atom stereocenters. The molecule has 1 unspecified atom stereocenters. The third-order valence-corrected chi connectivity index (χ3v) is 3.87. The monoisotopic (exact) mass is 244 g/mol. The molecule has 0 radical (unpaired) electrons. The second kappa shape index (κ2) is 4.30. The molecule has 0 aromatic heterocycles. The van der Waals surface area contributed by atoms with Crippen LogP contribution >= 0.6 is 23.2 Å².